The van der Waals surface area contributed by atoms with Crippen molar-refractivity contribution >= 4 is 11.7 Å². The molecular formula is C26H48N4O2. The molecule has 32 heavy (non-hydrogen) atoms. The number of rotatable bonds is 7. The minimum atomic E-state index is -0.568. The maximum atomic E-state index is 12.1. The van der Waals surface area contributed by atoms with Crippen LogP contribution in [0.15, 0.2) is 48.9 Å². The second-order valence-corrected chi connectivity index (χ2v) is 6.76. The zero-order valence-electron chi connectivity index (χ0n) is 22.3. The first-order valence-corrected chi connectivity index (χ1v) is 11.6. The number of amides is 1. The summed E-state index contributed by atoms with van der Waals surface area (Å²) in [6.45, 7) is 25.0. The van der Waals surface area contributed by atoms with Gasteiger partial charge in [0.15, 0.2) is 0 Å². The molecule has 184 valence electrons. The van der Waals surface area contributed by atoms with E-state index in [1.807, 2.05) is 100 Å². The van der Waals surface area contributed by atoms with Crippen LogP contribution in [0, 0.1) is 0 Å². The van der Waals surface area contributed by atoms with Gasteiger partial charge in [0.25, 0.3) is 0 Å². The summed E-state index contributed by atoms with van der Waals surface area (Å²) in [4.78, 5) is 19.7. The van der Waals surface area contributed by atoms with E-state index >= 15 is 0 Å². The normalized spacial score (nSPS) is 12.2. The fraction of sp³-hybridized carbons (Fsp3) is 0.538. The molecule has 0 fully saturated rings. The number of hydrogen-bond donors (Lipinski definition) is 3. The van der Waals surface area contributed by atoms with Crippen molar-refractivity contribution in [2.75, 3.05) is 0 Å². The van der Waals surface area contributed by atoms with Crippen molar-refractivity contribution in [2.45, 2.75) is 94.2 Å². The quantitative estimate of drug-likeness (QED) is 0.298. The highest BCUT2D eigenvalue weighted by Gasteiger charge is 2.22. The Hall–Kier alpha value is -2.76. The van der Waals surface area contributed by atoms with Crippen molar-refractivity contribution in [3.8, 4) is 0 Å². The number of alkyl carbamates (subject to hydrolysis) is 1. The molecule has 0 bridgehead atoms. The zero-order valence-corrected chi connectivity index (χ0v) is 22.3. The lowest BCUT2D eigenvalue weighted by Crippen LogP contribution is -2.35. The van der Waals surface area contributed by atoms with Gasteiger partial charge in [0, 0.05) is 11.3 Å². The van der Waals surface area contributed by atoms with Gasteiger partial charge < -0.3 is 20.8 Å². The highest BCUT2D eigenvalue weighted by atomic mass is 16.6. The Morgan fingerprint density at radius 3 is 2.22 bits per heavy atom. The maximum absolute atomic E-state index is 12.1. The number of H-pyrrole nitrogens is 1. The van der Waals surface area contributed by atoms with Crippen LogP contribution in [0.3, 0.4) is 0 Å². The molecule has 1 heterocycles. The molecule has 0 radical (unpaired) electrons. The largest absolute Gasteiger partial charge is 0.444 e. The van der Waals surface area contributed by atoms with E-state index in [0.717, 1.165) is 11.3 Å². The van der Waals surface area contributed by atoms with Crippen molar-refractivity contribution < 1.29 is 9.53 Å². The van der Waals surface area contributed by atoms with E-state index in [4.69, 9.17) is 10.5 Å². The highest BCUT2D eigenvalue weighted by Crippen LogP contribution is 2.22. The van der Waals surface area contributed by atoms with Crippen molar-refractivity contribution in [2.24, 2.45) is 5.73 Å². The summed E-state index contributed by atoms with van der Waals surface area (Å²) in [5.41, 5.74) is 7.81. The minimum Gasteiger partial charge on any atom is -0.444 e. The molecule has 1 unspecified atom stereocenters. The lowest BCUT2D eigenvalue weighted by molar-refractivity contribution is 0.0502. The van der Waals surface area contributed by atoms with Crippen molar-refractivity contribution in [3.05, 3.63) is 60.4 Å². The van der Waals surface area contributed by atoms with E-state index in [-0.39, 0.29) is 6.04 Å². The average Bonchev–Trinajstić information content (AvgIpc) is 3.25. The standard InChI is InChI=1S/C20H30N4O2.3C2H6/c1-7-10-12-15(21)14(9-3)17-13-22-18(23-17)16(11-8-2)24-19(25)26-20(4,5)6;3*1-2/h7-10,12-13,16H,2,11,21H2,1,3-6H3,(H,22,23)(H,24,25);3*1-2H3/b10-7-,14-9+,15-12+;;;. The average molecular weight is 449 g/mol. The number of imidazole rings is 1. The van der Waals surface area contributed by atoms with Gasteiger partial charge in [-0.2, -0.15) is 0 Å². The van der Waals surface area contributed by atoms with Gasteiger partial charge in [-0.15, -0.1) is 6.58 Å². The minimum absolute atomic E-state index is 0.366. The molecule has 1 aromatic heterocycles. The number of hydrogen-bond acceptors (Lipinski definition) is 4. The number of nitrogens with zero attached hydrogens (tertiary/aromatic N) is 1. The van der Waals surface area contributed by atoms with Crippen LogP contribution in [-0.4, -0.2) is 21.7 Å². The monoisotopic (exact) mass is 448 g/mol. The van der Waals surface area contributed by atoms with Crippen LogP contribution >= 0.6 is 0 Å². The topological polar surface area (TPSA) is 93.0 Å². The number of aromatic amines is 1. The maximum Gasteiger partial charge on any atom is 0.408 e. The van der Waals surface area contributed by atoms with Gasteiger partial charge in [-0.05, 0) is 47.1 Å². The van der Waals surface area contributed by atoms with Crippen LogP contribution in [0.2, 0.25) is 0 Å². The van der Waals surface area contributed by atoms with Crippen LogP contribution in [0.25, 0.3) is 5.57 Å². The van der Waals surface area contributed by atoms with Gasteiger partial charge in [-0.3, -0.25) is 0 Å². The van der Waals surface area contributed by atoms with Crippen molar-refractivity contribution in [1.82, 2.24) is 15.3 Å². The molecule has 0 aliphatic heterocycles. The van der Waals surface area contributed by atoms with Crippen molar-refractivity contribution in [1.29, 1.82) is 0 Å². The first kappa shape index (κ1) is 33.9. The van der Waals surface area contributed by atoms with Gasteiger partial charge in [0.1, 0.15) is 11.4 Å². The Balaban J connectivity index is -0.00000129. The van der Waals surface area contributed by atoms with Crippen LogP contribution in [0.1, 0.15) is 100 Å². The van der Waals surface area contributed by atoms with E-state index in [0.29, 0.717) is 17.9 Å². The number of nitrogens with one attached hydrogen (secondary N) is 2. The lowest BCUT2D eigenvalue weighted by Gasteiger charge is -2.22. The number of aromatic nitrogens is 2. The first-order chi connectivity index (χ1) is 15.2. The second-order valence-electron chi connectivity index (χ2n) is 6.76. The SMILES string of the molecule is C=CCC(NC(=O)OC(C)(C)C)c1ncc(C(=C/C)/C(N)=C\C=C/C)[nH]1.CC.CC.CC. The molecule has 1 rings (SSSR count). The molecule has 0 spiro atoms. The zero-order chi connectivity index (χ0) is 25.7. The summed E-state index contributed by atoms with van der Waals surface area (Å²) >= 11 is 0. The van der Waals surface area contributed by atoms with Crippen LogP contribution < -0.4 is 11.1 Å². The Morgan fingerprint density at radius 1 is 1.22 bits per heavy atom. The van der Waals surface area contributed by atoms with Gasteiger partial charge in [0.05, 0.1) is 17.9 Å². The van der Waals surface area contributed by atoms with Crippen LogP contribution in [0.5, 0.6) is 0 Å². The Bertz CT molecular complexity index is 708. The van der Waals surface area contributed by atoms with Crippen LogP contribution in [0.4, 0.5) is 4.79 Å². The Kier molecular flexibility index (Phi) is 21.3. The molecular weight excluding hydrogens is 400 g/mol. The fourth-order valence-electron chi connectivity index (χ4n) is 2.27. The number of nitrogens with two attached hydrogens (primary N) is 1. The molecule has 6 nitrogen and oxygen atoms in total. The Morgan fingerprint density at radius 2 is 1.78 bits per heavy atom. The smallest absolute Gasteiger partial charge is 0.408 e. The molecule has 6 heteroatoms. The van der Waals surface area contributed by atoms with E-state index < -0.39 is 11.7 Å². The van der Waals surface area contributed by atoms with Gasteiger partial charge in [0.2, 0.25) is 0 Å². The first-order valence-electron chi connectivity index (χ1n) is 11.6. The molecule has 0 aromatic carbocycles. The van der Waals surface area contributed by atoms with Gasteiger partial charge >= 0.3 is 6.09 Å². The molecule has 1 amide bonds. The van der Waals surface area contributed by atoms with Gasteiger partial charge in [-0.25, -0.2) is 9.78 Å². The molecule has 0 aliphatic carbocycles. The molecule has 1 aromatic rings. The predicted molar refractivity (Wildman–Crippen MR) is 140 cm³/mol. The van der Waals surface area contributed by atoms with E-state index in [9.17, 15) is 4.79 Å². The summed E-state index contributed by atoms with van der Waals surface area (Å²) in [6.07, 6.45) is 11.0. The fourth-order valence-corrected chi connectivity index (χ4v) is 2.27. The van der Waals surface area contributed by atoms with E-state index in [2.05, 4.69) is 21.9 Å². The number of allylic oxidation sites excluding steroid dienone is 5. The highest BCUT2D eigenvalue weighted by molar-refractivity contribution is 5.76. The lowest BCUT2D eigenvalue weighted by atomic mass is 10.1. The number of carbonyl (C=O) groups is 1. The molecule has 4 N–H and O–H groups in total. The number of carbonyl (C=O) groups excluding carboxylic acids is 1. The summed E-state index contributed by atoms with van der Waals surface area (Å²) in [5.74, 6) is 0.615. The van der Waals surface area contributed by atoms with Gasteiger partial charge in [-0.1, -0.05) is 65.8 Å². The summed E-state index contributed by atoms with van der Waals surface area (Å²) < 4.78 is 5.32. The van der Waals surface area contributed by atoms with E-state index in [1.54, 1.807) is 12.3 Å². The predicted octanol–water partition coefficient (Wildman–Crippen LogP) is 7.45. The molecule has 0 aliphatic rings. The molecule has 1 atom stereocenters. The third kappa shape index (κ3) is 14.3. The van der Waals surface area contributed by atoms with Crippen molar-refractivity contribution in [3.63, 3.8) is 0 Å². The third-order valence-electron chi connectivity index (χ3n) is 3.38. The summed E-state index contributed by atoms with van der Waals surface area (Å²) in [5, 5.41) is 2.82. The third-order valence-corrected chi connectivity index (χ3v) is 3.38. The van der Waals surface area contributed by atoms with E-state index in [1.165, 1.54) is 0 Å². The summed E-state index contributed by atoms with van der Waals surface area (Å²) in [7, 11) is 0. The van der Waals surface area contributed by atoms with Crippen LogP contribution in [-0.2, 0) is 4.74 Å². The second kappa shape index (κ2) is 20.2. The number of ether oxygens (including phenoxy) is 1. The Labute approximate surface area is 197 Å². The molecule has 0 saturated heterocycles. The summed E-state index contributed by atoms with van der Waals surface area (Å²) in [6, 6.07) is -0.366. The molecule has 0 saturated carbocycles.